The molecular weight excluding hydrogens is 284 g/mol. The van der Waals surface area contributed by atoms with E-state index in [4.69, 9.17) is 10.1 Å². The molecule has 7 heteroatoms. The molecule has 102 valence electrons. The van der Waals surface area contributed by atoms with Crippen LogP contribution in [-0.2, 0) is 9.84 Å². The zero-order valence-corrected chi connectivity index (χ0v) is 12.0. The van der Waals surface area contributed by atoms with Gasteiger partial charge in [0.05, 0.1) is 24.7 Å². The smallest absolute Gasteiger partial charge is 0.161 e. The van der Waals surface area contributed by atoms with Crippen LogP contribution in [0.5, 0.6) is 5.75 Å². The van der Waals surface area contributed by atoms with Crippen molar-refractivity contribution in [1.29, 1.82) is 5.41 Å². The molecular formula is C12H14N2O3S2. The van der Waals surface area contributed by atoms with Gasteiger partial charge in [-0.2, -0.15) is 0 Å². The number of ether oxygens (including phenoxy) is 1. The maximum absolute atomic E-state index is 11.7. The Kier molecular flexibility index (Phi) is 2.98. The Morgan fingerprint density at radius 1 is 1.32 bits per heavy atom. The van der Waals surface area contributed by atoms with E-state index in [9.17, 15) is 8.42 Å². The Labute approximate surface area is 116 Å². The van der Waals surface area contributed by atoms with Crippen LogP contribution in [0.1, 0.15) is 0 Å². The van der Waals surface area contributed by atoms with E-state index in [0.717, 1.165) is 11.4 Å². The van der Waals surface area contributed by atoms with Gasteiger partial charge in [0.2, 0.25) is 0 Å². The van der Waals surface area contributed by atoms with E-state index in [2.05, 4.69) is 0 Å². The normalized spacial score (nSPS) is 28.5. The summed E-state index contributed by atoms with van der Waals surface area (Å²) < 4.78 is 28.5. The topological polar surface area (TPSA) is 70.5 Å². The molecule has 3 rings (SSSR count). The predicted octanol–water partition coefficient (Wildman–Crippen LogP) is 1.35. The van der Waals surface area contributed by atoms with Crippen LogP contribution in [0.15, 0.2) is 24.3 Å². The van der Waals surface area contributed by atoms with E-state index < -0.39 is 9.84 Å². The number of rotatable bonds is 2. The monoisotopic (exact) mass is 298 g/mol. The Balaban J connectivity index is 1.92. The lowest BCUT2D eigenvalue weighted by atomic mass is 10.2. The fraction of sp³-hybridized carbons (Fsp3) is 0.417. The number of sulfone groups is 1. The predicted molar refractivity (Wildman–Crippen MR) is 77.0 cm³/mol. The quantitative estimate of drug-likeness (QED) is 0.892. The average Bonchev–Trinajstić information content (AvgIpc) is 2.79. The zero-order chi connectivity index (χ0) is 13.6. The molecule has 19 heavy (non-hydrogen) atoms. The second-order valence-corrected chi connectivity index (χ2v) is 8.06. The van der Waals surface area contributed by atoms with Gasteiger partial charge in [-0.15, -0.1) is 0 Å². The van der Waals surface area contributed by atoms with Gasteiger partial charge in [0.15, 0.2) is 15.0 Å². The molecule has 1 aromatic carbocycles. The van der Waals surface area contributed by atoms with Crippen molar-refractivity contribution < 1.29 is 13.2 Å². The minimum absolute atomic E-state index is 0.0143. The van der Waals surface area contributed by atoms with Crippen LogP contribution in [-0.4, -0.2) is 43.5 Å². The molecule has 1 aromatic rings. The van der Waals surface area contributed by atoms with Crippen molar-refractivity contribution >= 4 is 32.5 Å². The SMILES string of the molecule is COc1ccc(N2C(=N)S[C@H]3CS(=O)(=O)C[C@@H]32)cc1. The molecule has 2 heterocycles. The van der Waals surface area contributed by atoms with Crippen molar-refractivity contribution in [2.24, 2.45) is 0 Å². The molecule has 0 saturated carbocycles. The third-order valence-electron chi connectivity index (χ3n) is 3.44. The molecule has 0 bridgehead atoms. The number of methoxy groups -OCH3 is 1. The first-order valence-electron chi connectivity index (χ1n) is 5.89. The first kappa shape index (κ1) is 12.8. The number of anilines is 1. The maximum Gasteiger partial charge on any atom is 0.161 e. The maximum atomic E-state index is 11.7. The van der Waals surface area contributed by atoms with Gasteiger partial charge in [-0.1, -0.05) is 11.8 Å². The van der Waals surface area contributed by atoms with Crippen LogP contribution in [0.3, 0.4) is 0 Å². The number of hydrogen-bond acceptors (Lipinski definition) is 5. The minimum Gasteiger partial charge on any atom is -0.497 e. The molecule has 1 N–H and O–H groups in total. The van der Waals surface area contributed by atoms with E-state index in [1.807, 2.05) is 29.2 Å². The standard InChI is InChI=1S/C12H14N2O3S2/c1-17-9-4-2-8(3-5-9)14-10-6-19(15,16)7-11(10)18-12(14)13/h2-5,10-11,13H,6-7H2,1H3/t10-,11-/m0/s1. The number of benzene rings is 1. The van der Waals surface area contributed by atoms with Crippen molar-refractivity contribution in [3.05, 3.63) is 24.3 Å². The molecule has 0 spiro atoms. The van der Waals surface area contributed by atoms with Crippen molar-refractivity contribution in [3.8, 4) is 5.75 Å². The third-order valence-corrected chi connectivity index (χ3v) is 6.57. The zero-order valence-electron chi connectivity index (χ0n) is 10.4. The highest BCUT2D eigenvalue weighted by Crippen LogP contribution is 2.40. The summed E-state index contributed by atoms with van der Waals surface area (Å²) in [6.45, 7) is 0. The molecule has 2 aliphatic heterocycles. The summed E-state index contributed by atoms with van der Waals surface area (Å²) in [4.78, 5) is 1.82. The van der Waals surface area contributed by atoms with Gasteiger partial charge in [-0.05, 0) is 24.3 Å². The number of fused-ring (bicyclic) bond motifs is 1. The van der Waals surface area contributed by atoms with Crippen LogP contribution in [0.4, 0.5) is 5.69 Å². The largest absolute Gasteiger partial charge is 0.497 e. The van der Waals surface area contributed by atoms with Gasteiger partial charge in [-0.25, -0.2) is 8.42 Å². The minimum atomic E-state index is -2.97. The summed E-state index contributed by atoms with van der Waals surface area (Å²) in [5.74, 6) is 1.06. The number of thioether (sulfide) groups is 1. The van der Waals surface area contributed by atoms with Gasteiger partial charge in [0.25, 0.3) is 0 Å². The van der Waals surface area contributed by atoms with E-state index in [0.29, 0.717) is 5.17 Å². The van der Waals surface area contributed by atoms with Crippen LogP contribution < -0.4 is 9.64 Å². The fourth-order valence-corrected chi connectivity index (χ4v) is 6.35. The second kappa shape index (κ2) is 4.42. The summed E-state index contributed by atoms with van der Waals surface area (Å²) in [5, 5.41) is 8.44. The Bertz CT molecular complexity index is 612. The van der Waals surface area contributed by atoms with Crippen LogP contribution in [0, 0.1) is 5.41 Å². The van der Waals surface area contributed by atoms with Gasteiger partial charge in [-0.3, -0.25) is 5.41 Å². The van der Waals surface area contributed by atoms with Crippen LogP contribution in [0.25, 0.3) is 0 Å². The van der Waals surface area contributed by atoms with Crippen molar-refractivity contribution in [1.82, 2.24) is 0 Å². The summed E-state index contributed by atoms with van der Waals surface area (Å²) >= 11 is 1.35. The van der Waals surface area contributed by atoms with Gasteiger partial charge in [0.1, 0.15) is 5.75 Å². The summed E-state index contributed by atoms with van der Waals surface area (Å²) in [5.41, 5.74) is 0.850. The van der Waals surface area contributed by atoms with Crippen molar-refractivity contribution in [2.75, 3.05) is 23.5 Å². The molecule has 2 fully saturated rings. The molecule has 0 aliphatic carbocycles. The lowest BCUT2D eigenvalue weighted by Crippen LogP contribution is -2.37. The van der Waals surface area contributed by atoms with E-state index in [1.165, 1.54) is 11.8 Å². The molecule has 0 aromatic heterocycles. The highest BCUT2D eigenvalue weighted by atomic mass is 32.2. The van der Waals surface area contributed by atoms with Gasteiger partial charge in [0, 0.05) is 10.9 Å². The Hall–Kier alpha value is -1.21. The summed E-state index contributed by atoms with van der Waals surface area (Å²) in [7, 11) is -1.37. The lowest BCUT2D eigenvalue weighted by Gasteiger charge is -2.23. The van der Waals surface area contributed by atoms with Crippen LogP contribution >= 0.6 is 11.8 Å². The molecule has 2 saturated heterocycles. The number of hydrogen-bond donors (Lipinski definition) is 1. The average molecular weight is 298 g/mol. The summed E-state index contributed by atoms with van der Waals surface area (Å²) in [6, 6.07) is 7.26. The van der Waals surface area contributed by atoms with E-state index in [1.54, 1.807) is 7.11 Å². The van der Waals surface area contributed by atoms with Crippen molar-refractivity contribution in [3.63, 3.8) is 0 Å². The Morgan fingerprint density at radius 2 is 2.00 bits per heavy atom. The number of nitrogens with zero attached hydrogens (tertiary/aromatic N) is 1. The van der Waals surface area contributed by atoms with Crippen LogP contribution in [0.2, 0.25) is 0 Å². The highest BCUT2D eigenvalue weighted by Gasteiger charge is 2.48. The molecule has 5 nitrogen and oxygen atoms in total. The first-order chi connectivity index (χ1) is 9.00. The van der Waals surface area contributed by atoms with Gasteiger partial charge < -0.3 is 9.64 Å². The Morgan fingerprint density at radius 3 is 2.63 bits per heavy atom. The first-order valence-corrected chi connectivity index (χ1v) is 8.59. The molecule has 0 unspecified atom stereocenters. The number of amidine groups is 1. The number of nitrogens with one attached hydrogen (secondary N) is 1. The molecule has 2 aliphatic rings. The summed E-state index contributed by atoms with van der Waals surface area (Å²) in [6.07, 6.45) is 0. The molecule has 0 radical (unpaired) electrons. The van der Waals surface area contributed by atoms with E-state index in [-0.39, 0.29) is 22.8 Å². The molecule has 0 amide bonds. The molecule has 2 atom stereocenters. The highest BCUT2D eigenvalue weighted by molar-refractivity contribution is 8.15. The van der Waals surface area contributed by atoms with Gasteiger partial charge >= 0.3 is 0 Å². The lowest BCUT2D eigenvalue weighted by molar-refractivity contribution is 0.415. The third kappa shape index (κ3) is 2.21. The second-order valence-electron chi connectivity index (χ2n) is 4.67. The fourth-order valence-electron chi connectivity index (χ4n) is 2.55. The van der Waals surface area contributed by atoms with Crippen molar-refractivity contribution in [2.45, 2.75) is 11.3 Å². The van der Waals surface area contributed by atoms with E-state index >= 15 is 0 Å².